The molecule has 1 aliphatic rings. The Hall–Kier alpha value is -3.85. The van der Waals surface area contributed by atoms with E-state index in [4.69, 9.17) is 4.74 Å². The summed E-state index contributed by atoms with van der Waals surface area (Å²) in [5.41, 5.74) is 2.17. The second-order valence-corrected chi connectivity index (χ2v) is 7.48. The molecule has 1 fully saturated rings. The van der Waals surface area contributed by atoms with Crippen LogP contribution >= 0.6 is 0 Å². The lowest BCUT2D eigenvalue weighted by atomic mass is 10.1. The van der Waals surface area contributed by atoms with Crippen LogP contribution in [0.1, 0.15) is 26.1 Å². The number of benzene rings is 2. The van der Waals surface area contributed by atoms with E-state index >= 15 is 0 Å². The van der Waals surface area contributed by atoms with Gasteiger partial charge in [-0.25, -0.2) is 9.48 Å². The van der Waals surface area contributed by atoms with Crippen LogP contribution in [-0.4, -0.2) is 34.9 Å². The molecule has 2 aromatic carbocycles. The Balaban J connectivity index is 1.61. The summed E-state index contributed by atoms with van der Waals surface area (Å²) < 4.78 is 6.79. The third-order valence-electron chi connectivity index (χ3n) is 5.23. The molecular weight excluding hydrogens is 408 g/mol. The van der Waals surface area contributed by atoms with Gasteiger partial charge in [-0.1, -0.05) is 43.3 Å². The van der Waals surface area contributed by atoms with Gasteiger partial charge in [-0.15, -0.1) is 0 Å². The maximum Gasteiger partial charge on any atom is 0.324 e. The van der Waals surface area contributed by atoms with E-state index in [0.29, 0.717) is 29.4 Å². The lowest BCUT2D eigenvalue weighted by Gasteiger charge is -2.31. The van der Waals surface area contributed by atoms with E-state index in [-0.39, 0.29) is 11.9 Å². The Kier molecular flexibility index (Phi) is 6.37. The van der Waals surface area contributed by atoms with Crippen molar-refractivity contribution in [2.75, 3.05) is 17.7 Å². The number of anilines is 2. The van der Waals surface area contributed by atoms with Crippen molar-refractivity contribution in [1.29, 1.82) is 0 Å². The molecule has 1 aliphatic heterocycles. The molecule has 2 atom stereocenters. The molecule has 2 unspecified atom stereocenters. The molecule has 3 amide bonds. The van der Waals surface area contributed by atoms with E-state index < -0.39 is 12.3 Å². The predicted molar refractivity (Wildman–Crippen MR) is 122 cm³/mol. The highest BCUT2D eigenvalue weighted by atomic mass is 16.5. The number of amides is 3. The fraction of sp³-hybridized carbons (Fsp3) is 0.261. The topological polar surface area (TPSA) is 109 Å². The van der Waals surface area contributed by atoms with Crippen molar-refractivity contribution in [3.8, 4) is 17.0 Å². The molecule has 4 rings (SSSR count). The number of nitrogens with one attached hydrogen (secondary N) is 4. The molecule has 2 heterocycles. The normalized spacial score (nSPS) is 18.0. The first-order valence-electron chi connectivity index (χ1n) is 10.5. The second-order valence-electron chi connectivity index (χ2n) is 7.48. The zero-order valence-electron chi connectivity index (χ0n) is 18.0. The average molecular weight is 435 g/mol. The highest BCUT2D eigenvalue weighted by molar-refractivity contribution is 5.99. The van der Waals surface area contributed by atoms with Crippen molar-refractivity contribution < 1.29 is 14.3 Å². The molecule has 1 saturated heterocycles. The van der Waals surface area contributed by atoms with Gasteiger partial charge in [0.25, 0.3) is 0 Å². The highest BCUT2D eigenvalue weighted by Crippen LogP contribution is 2.25. The quantitative estimate of drug-likeness (QED) is 0.474. The summed E-state index contributed by atoms with van der Waals surface area (Å²) >= 11 is 0. The summed E-state index contributed by atoms with van der Waals surface area (Å²) in [5.74, 6) is 1.02. The number of urea groups is 1. The van der Waals surface area contributed by atoms with Gasteiger partial charge in [0.15, 0.2) is 6.29 Å². The van der Waals surface area contributed by atoms with E-state index in [1.165, 1.54) is 0 Å². The average Bonchev–Trinajstić information content (AvgIpc) is 3.23. The van der Waals surface area contributed by atoms with Crippen molar-refractivity contribution in [3.05, 3.63) is 60.7 Å². The summed E-state index contributed by atoms with van der Waals surface area (Å²) in [6, 6.07) is 18.1. The zero-order chi connectivity index (χ0) is 22.5. The van der Waals surface area contributed by atoms with Gasteiger partial charge in [0, 0.05) is 35.8 Å². The SMILES string of the molecule is CCC1CC(=O)NC(n2nc(-c3ccccc3)cc2NC(=O)Nc2cccc(OC)c2)N1. The number of aromatic nitrogens is 2. The fourth-order valence-electron chi connectivity index (χ4n) is 3.57. The summed E-state index contributed by atoms with van der Waals surface area (Å²) in [4.78, 5) is 25.0. The number of nitrogens with zero attached hydrogens (tertiary/aromatic N) is 2. The third kappa shape index (κ3) is 4.89. The fourth-order valence-corrected chi connectivity index (χ4v) is 3.57. The first kappa shape index (κ1) is 21.4. The number of hydrogen-bond donors (Lipinski definition) is 4. The summed E-state index contributed by atoms with van der Waals surface area (Å²) in [5, 5.41) is 16.6. The Morgan fingerprint density at radius 2 is 1.97 bits per heavy atom. The van der Waals surface area contributed by atoms with Gasteiger partial charge in [-0.05, 0) is 18.6 Å². The maximum atomic E-state index is 12.7. The molecule has 0 radical (unpaired) electrons. The van der Waals surface area contributed by atoms with Gasteiger partial charge in [-0.2, -0.15) is 5.10 Å². The maximum absolute atomic E-state index is 12.7. The minimum Gasteiger partial charge on any atom is -0.497 e. The van der Waals surface area contributed by atoms with Crippen LogP contribution < -0.4 is 26.0 Å². The Morgan fingerprint density at radius 3 is 2.72 bits per heavy atom. The first-order valence-corrected chi connectivity index (χ1v) is 10.5. The van der Waals surface area contributed by atoms with E-state index in [0.717, 1.165) is 12.0 Å². The summed E-state index contributed by atoms with van der Waals surface area (Å²) in [6.07, 6.45) is 0.625. The van der Waals surface area contributed by atoms with Crippen LogP contribution in [-0.2, 0) is 4.79 Å². The van der Waals surface area contributed by atoms with Crippen molar-refractivity contribution in [2.24, 2.45) is 0 Å². The molecule has 0 spiro atoms. The van der Waals surface area contributed by atoms with Crippen molar-refractivity contribution in [2.45, 2.75) is 32.1 Å². The van der Waals surface area contributed by atoms with Crippen LogP contribution in [0.25, 0.3) is 11.3 Å². The van der Waals surface area contributed by atoms with Gasteiger partial charge in [0.2, 0.25) is 5.91 Å². The minimum absolute atomic E-state index is 0.0246. The summed E-state index contributed by atoms with van der Waals surface area (Å²) in [6.45, 7) is 2.02. The lowest BCUT2D eigenvalue weighted by Crippen LogP contribution is -2.53. The van der Waals surface area contributed by atoms with Gasteiger partial charge in [0.05, 0.1) is 12.8 Å². The van der Waals surface area contributed by atoms with E-state index in [2.05, 4.69) is 26.4 Å². The largest absolute Gasteiger partial charge is 0.497 e. The Labute approximate surface area is 186 Å². The number of ether oxygens (including phenoxy) is 1. The van der Waals surface area contributed by atoms with Crippen LogP contribution in [0.5, 0.6) is 5.75 Å². The highest BCUT2D eigenvalue weighted by Gasteiger charge is 2.28. The van der Waals surface area contributed by atoms with Crippen LogP contribution in [0.3, 0.4) is 0 Å². The lowest BCUT2D eigenvalue weighted by molar-refractivity contribution is -0.125. The van der Waals surface area contributed by atoms with Crippen LogP contribution in [0, 0.1) is 0 Å². The van der Waals surface area contributed by atoms with Gasteiger partial charge in [-0.3, -0.25) is 15.4 Å². The van der Waals surface area contributed by atoms with Crippen molar-refractivity contribution >= 4 is 23.4 Å². The van der Waals surface area contributed by atoms with Gasteiger partial charge < -0.3 is 15.4 Å². The predicted octanol–water partition coefficient (Wildman–Crippen LogP) is 3.55. The number of carbonyl (C=O) groups excluding carboxylic acids is 2. The Bertz CT molecular complexity index is 1100. The molecule has 4 N–H and O–H groups in total. The number of rotatable bonds is 6. The smallest absolute Gasteiger partial charge is 0.324 e. The van der Waals surface area contributed by atoms with Crippen LogP contribution in [0.2, 0.25) is 0 Å². The molecule has 9 nitrogen and oxygen atoms in total. The monoisotopic (exact) mass is 434 g/mol. The van der Waals surface area contributed by atoms with Gasteiger partial charge >= 0.3 is 6.03 Å². The molecule has 166 valence electrons. The van der Waals surface area contributed by atoms with E-state index in [9.17, 15) is 9.59 Å². The van der Waals surface area contributed by atoms with E-state index in [1.54, 1.807) is 42.1 Å². The molecule has 9 heteroatoms. The molecule has 0 saturated carbocycles. The van der Waals surface area contributed by atoms with Gasteiger partial charge in [0.1, 0.15) is 11.6 Å². The van der Waals surface area contributed by atoms with Crippen molar-refractivity contribution in [3.63, 3.8) is 0 Å². The molecular formula is C23H26N6O3. The number of hydrogen-bond acceptors (Lipinski definition) is 5. The van der Waals surface area contributed by atoms with Crippen LogP contribution in [0.4, 0.5) is 16.3 Å². The molecule has 0 bridgehead atoms. The zero-order valence-corrected chi connectivity index (χ0v) is 18.0. The molecule has 32 heavy (non-hydrogen) atoms. The standard InChI is InChI=1S/C23H26N6O3/c1-3-16-13-21(30)27-22(24-16)29-20(14-19(28-29)15-8-5-4-6-9-15)26-23(31)25-17-10-7-11-18(12-17)32-2/h4-12,14,16,22,24H,3,13H2,1-2H3,(H,27,30)(H2,25,26,31). The molecule has 1 aromatic heterocycles. The van der Waals surface area contributed by atoms with Crippen LogP contribution in [0.15, 0.2) is 60.7 Å². The third-order valence-corrected chi connectivity index (χ3v) is 5.23. The first-order chi connectivity index (χ1) is 15.6. The number of methoxy groups -OCH3 is 1. The minimum atomic E-state index is -0.578. The van der Waals surface area contributed by atoms with Crippen molar-refractivity contribution in [1.82, 2.24) is 20.4 Å². The second kappa shape index (κ2) is 9.52. The summed E-state index contributed by atoms with van der Waals surface area (Å²) in [7, 11) is 1.57. The van der Waals surface area contributed by atoms with E-state index in [1.807, 2.05) is 37.3 Å². The molecule has 3 aromatic rings. The Morgan fingerprint density at radius 1 is 1.16 bits per heavy atom. The molecule has 0 aliphatic carbocycles. The number of carbonyl (C=O) groups is 2.